The van der Waals surface area contributed by atoms with Crippen molar-refractivity contribution in [1.29, 1.82) is 0 Å². The molecule has 0 radical (unpaired) electrons. The normalized spacial score (nSPS) is 10.6. The number of fused-ring (bicyclic) bond motifs is 1. The fourth-order valence-electron chi connectivity index (χ4n) is 2.27. The lowest BCUT2D eigenvalue weighted by Gasteiger charge is -2.10. The Bertz CT molecular complexity index is 914. The average molecular weight is 361 g/mol. The molecule has 1 aromatic heterocycles. The molecule has 0 saturated carbocycles. The van der Waals surface area contributed by atoms with Crippen molar-refractivity contribution < 1.29 is 4.79 Å². The van der Waals surface area contributed by atoms with Crippen molar-refractivity contribution in [3.05, 3.63) is 63.8 Å². The second-order valence-electron chi connectivity index (χ2n) is 5.28. The fourth-order valence-corrected chi connectivity index (χ4v) is 2.59. The summed E-state index contributed by atoms with van der Waals surface area (Å²) in [6.45, 7) is 2.19. The van der Waals surface area contributed by atoms with Crippen LogP contribution in [0.25, 0.3) is 10.9 Å². The summed E-state index contributed by atoms with van der Waals surface area (Å²) in [4.78, 5) is 12.1. The number of hydrogen-bond donors (Lipinski definition) is 2. The van der Waals surface area contributed by atoms with Crippen molar-refractivity contribution in [2.24, 2.45) is 0 Å². The quantitative estimate of drug-likeness (QED) is 0.718. The van der Waals surface area contributed by atoms with E-state index in [1.807, 2.05) is 37.3 Å². The molecule has 0 bridgehead atoms. The van der Waals surface area contributed by atoms with Crippen LogP contribution in [0.1, 0.15) is 11.3 Å². The van der Waals surface area contributed by atoms with E-state index in [2.05, 4.69) is 20.8 Å². The molecular weight excluding hydrogens is 347 g/mol. The molecule has 0 aliphatic rings. The maximum atomic E-state index is 12.1. The second-order valence-corrected chi connectivity index (χ2v) is 6.09. The van der Waals surface area contributed by atoms with Crippen LogP contribution in [-0.4, -0.2) is 16.2 Å². The topological polar surface area (TPSA) is 66.9 Å². The standard InChI is InChI=1S/C17H14Cl2N4O/c1-10-7-12-15(3-2-4-16(12)23-22-10)21-17(24)20-9-11-5-6-13(18)14(19)8-11/h2-8H,9H2,1H3,(H2,20,21,24). The Hall–Kier alpha value is -2.37. The SMILES string of the molecule is Cc1cc2c(NC(=O)NCc3ccc(Cl)c(Cl)c3)cccc2nn1. The zero-order valence-corrected chi connectivity index (χ0v) is 14.3. The van der Waals surface area contributed by atoms with Crippen molar-refractivity contribution in [2.45, 2.75) is 13.5 Å². The Labute approximate surface area is 149 Å². The van der Waals surface area contributed by atoms with Gasteiger partial charge in [0.25, 0.3) is 0 Å². The van der Waals surface area contributed by atoms with Crippen LogP contribution in [0, 0.1) is 6.92 Å². The Morgan fingerprint density at radius 2 is 1.92 bits per heavy atom. The minimum absolute atomic E-state index is 0.317. The first kappa shape index (κ1) is 16.5. The molecule has 2 aromatic carbocycles. The number of aryl methyl sites for hydroxylation is 1. The first-order chi connectivity index (χ1) is 11.5. The predicted molar refractivity (Wildman–Crippen MR) is 96.6 cm³/mol. The molecule has 0 spiro atoms. The van der Waals surface area contributed by atoms with Gasteiger partial charge in [-0.15, -0.1) is 0 Å². The molecule has 0 saturated heterocycles. The Morgan fingerprint density at radius 3 is 2.71 bits per heavy atom. The van der Waals surface area contributed by atoms with Crippen LogP contribution in [0.2, 0.25) is 10.0 Å². The summed E-state index contributed by atoms with van der Waals surface area (Å²) in [6, 6.07) is 12.3. The highest BCUT2D eigenvalue weighted by molar-refractivity contribution is 6.42. The second kappa shape index (κ2) is 7.03. The maximum Gasteiger partial charge on any atom is 0.319 e. The highest BCUT2D eigenvalue weighted by Gasteiger charge is 2.07. The molecule has 2 N–H and O–H groups in total. The van der Waals surface area contributed by atoms with E-state index in [4.69, 9.17) is 23.2 Å². The van der Waals surface area contributed by atoms with Gasteiger partial charge in [0.15, 0.2) is 0 Å². The van der Waals surface area contributed by atoms with E-state index in [1.54, 1.807) is 12.1 Å². The molecule has 0 unspecified atom stereocenters. The molecule has 5 nitrogen and oxygen atoms in total. The minimum atomic E-state index is -0.317. The number of carbonyl (C=O) groups is 1. The third-order valence-corrected chi connectivity index (χ3v) is 4.18. The first-order valence-electron chi connectivity index (χ1n) is 7.25. The molecule has 0 aliphatic heterocycles. The van der Waals surface area contributed by atoms with Crippen molar-refractivity contribution in [2.75, 3.05) is 5.32 Å². The van der Waals surface area contributed by atoms with Gasteiger partial charge in [-0.3, -0.25) is 0 Å². The number of hydrogen-bond acceptors (Lipinski definition) is 3. The molecule has 0 atom stereocenters. The van der Waals surface area contributed by atoms with Gasteiger partial charge in [-0.1, -0.05) is 35.3 Å². The van der Waals surface area contributed by atoms with Crippen molar-refractivity contribution in [3.8, 4) is 0 Å². The van der Waals surface area contributed by atoms with E-state index >= 15 is 0 Å². The molecule has 7 heteroatoms. The van der Waals surface area contributed by atoms with Gasteiger partial charge in [0.2, 0.25) is 0 Å². The van der Waals surface area contributed by atoms with Crippen LogP contribution in [0.5, 0.6) is 0 Å². The maximum absolute atomic E-state index is 12.1. The van der Waals surface area contributed by atoms with Crippen molar-refractivity contribution in [3.63, 3.8) is 0 Å². The van der Waals surface area contributed by atoms with E-state index in [9.17, 15) is 4.79 Å². The zero-order valence-electron chi connectivity index (χ0n) is 12.8. The fraction of sp³-hybridized carbons (Fsp3) is 0.118. The van der Waals surface area contributed by atoms with Gasteiger partial charge >= 0.3 is 6.03 Å². The summed E-state index contributed by atoms with van der Waals surface area (Å²) in [6.07, 6.45) is 0. The van der Waals surface area contributed by atoms with E-state index in [0.29, 0.717) is 22.3 Å². The van der Waals surface area contributed by atoms with Gasteiger partial charge < -0.3 is 10.6 Å². The largest absolute Gasteiger partial charge is 0.334 e. The summed E-state index contributed by atoms with van der Waals surface area (Å²) in [5, 5.41) is 15.5. The van der Waals surface area contributed by atoms with Crippen LogP contribution in [-0.2, 0) is 6.54 Å². The number of amides is 2. The van der Waals surface area contributed by atoms with Crippen LogP contribution in [0.15, 0.2) is 42.5 Å². The molecule has 24 heavy (non-hydrogen) atoms. The van der Waals surface area contributed by atoms with Gasteiger partial charge in [0.1, 0.15) is 0 Å². The van der Waals surface area contributed by atoms with Gasteiger partial charge in [-0.25, -0.2) is 4.79 Å². The highest BCUT2D eigenvalue weighted by atomic mass is 35.5. The van der Waals surface area contributed by atoms with Gasteiger partial charge in [0, 0.05) is 11.9 Å². The number of halogens is 2. The van der Waals surface area contributed by atoms with Gasteiger partial charge in [0.05, 0.1) is 26.9 Å². The van der Waals surface area contributed by atoms with Crippen LogP contribution in [0.3, 0.4) is 0 Å². The number of nitrogens with zero attached hydrogens (tertiary/aromatic N) is 2. The Kier molecular flexibility index (Phi) is 4.83. The lowest BCUT2D eigenvalue weighted by molar-refractivity contribution is 0.252. The zero-order chi connectivity index (χ0) is 17.1. The smallest absolute Gasteiger partial charge is 0.319 e. The minimum Gasteiger partial charge on any atom is -0.334 e. The molecular formula is C17H14Cl2N4O. The molecule has 3 rings (SSSR count). The summed E-state index contributed by atoms with van der Waals surface area (Å²) in [7, 11) is 0. The lowest BCUT2D eigenvalue weighted by atomic mass is 10.2. The number of nitrogens with one attached hydrogen (secondary N) is 2. The molecule has 0 fully saturated rings. The van der Waals surface area contributed by atoms with Crippen LogP contribution in [0.4, 0.5) is 10.5 Å². The van der Waals surface area contributed by atoms with E-state index < -0.39 is 0 Å². The third-order valence-electron chi connectivity index (χ3n) is 3.44. The van der Waals surface area contributed by atoms with Crippen molar-refractivity contribution in [1.82, 2.24) is 15.5 Å². The third kappa shape index (κ3) is 3.75. The van der Waals surface area contributed by atoms with Gasteiger partial charge in [-0.2, -0.15) is 10.2 Å². The van der Waals surface area contributed by atoms with E-state index in [1.165, 1.54) is 0 Å². The highest BCUT2D eigenvalue weighted by Crippen LogP contribution is 2.23. The predicted octanol–water partition coefficient (Wildman–Crippen LogP) is 4.57. The lowest BCUT2D eigenvalue weighted by Crippen LogP contribution is -2.28. The Morgan fingerprint density at radius 1 is 1.08 bits per heavy atom. The van der Waals surface area contributed by atoms with Gasteiger partial charge in [-0.05, 0) is 42.8 Å². The number of carbonyl (C=O) groups excluding carboxylic acids is 1. The number of aromatic nitrogens is 2. The number of rotatable bonds is 3. The summed E-state index contributed by atoms with van der Waals surface area (Å²) in [5.74, 6) is 0. The summed E-state index contributed by atoms with van der Waals surface area (Å²) >= 11 is 11.8. The van der Waals surface area contributed by atoms with Crippen molar-refractivity contribution >= 4 is 45.8 Å². The molecule has 0 aliphatic carbocycles. The monoisotopic (exact) mass is 360 g/mol. The average Bonchev–Trinajstić information content (AvgIpc) is 2.56. The van der Waals surface area contributed by atoms with Crippen LogP contribution < -0.4 is 10.6 Å². The number of urea groups is 1. The summed E-state index contributed by atoms with van der Waals surface area (Å²) < 4.78 is 0. The first-order valence-corrected chi connectivity index (χ1v) is 8.00. The number of anilines is 1. The van der Waals surface area contributed by atoms with E-state index in [-0.39, 0.29) is 6.03 Å². The molecule has 2 amide bonds. The molecule has 3 aromatic rings. The molecule has 1 heterocycles. The van der Waals surface area contributed by atoms with Crippen LogP contribution >= 0.6 is 23.2 Å². The summed E-state index contributed by atoms with van der Waals surface area (Å²) in [5.41, 5.74) is 3.05. The molecule has 122 valence electrons. The van der Waals surface area contributed by atoms with E-state index in [0.717, 1.165) is 22.2 Å². The Balaban J connectivity index is 1.71. The number of benzene rings is 2.